The lowest BCUT2D eigenvalue weighted by atomic mass is 10.1. The van der Waals surface area contributed by atoms with Crippen LogP contribution < -0.4 is 4.90 Å². The second kappa shape index (κ2) is 6.53. The van der Waals surface area contributed by atoms with E-state index in [0.717, 1.165) is 28.1 Å². The second-order valence-electron chi connectivity index (χ2n) is 4.56. The van der Waals surface area contributed by atoms with E-state index in [9.17, 15) is 5.26 Å². The van der Waals surface area contributed by atoms with E-state index < -0.39 is 0 Å². The van der Waals surface area contributed by atoms with Crippen LogP contribution in [0.4, 0.5) is 5.69 Å². The van der Waals surface area contributed by atoms with Crippen molar-refractivity contribution in [1.82, 2.24) is 4.98 Å². The molecule has 0 spiro atoms. The van der Waals surface area contributed by atoms with Crippen molar-refractivity contribution < 1.29 is 0 Å². The van der Waals surface area contributed by atoms with Crippen LogP contribution in [0.15, 0.2) is 40.9 Å². The zero-order valence-corrected chi connectivity index (χ0v) is 13.2. The number of benzene rings is 1. The van der Waals surface area contributed by atoms with Crippen molar-refractivity contribution in [3.05, 3.63) is 57.8 Å². The van der Waals surface area contributed by atoms with Crippen molar-refractivity contribution in [3.8, 4) is 6.07 Å². The van der Waals surface area contributed by atoms with E-state index in [1.165, 1.54) is 0 Å². The summed E-state index contributed by atoms with van der Waals surface area (Å²) >= 11 is 3.47. The Morgan fingerprint density at radius 2 is 2.10 bits per heavy atom. The van der Waals surface area contributed by atoms with Crippen LogP contribution in [0, 0.1) is 18.3 Å². The molecule has 2 aromatic rings. The van der Waals surface area contributed by atoms with Crippen LogP contribution in [0.25, 0.3) is 0 Å². The first-order valence-electron chi connectivity index (χ1n) is 6.51. The van der Waals surface area contributed by atoms with E-state index in [-0.39, 0.29) is 0 Å². The summed E-state index contributed by atoms with van der Waals surface area (Å²) in [6.07, 6.45) is 0. The predicted molar refractivity (Wildman–Crippen MR) is 84.6 cm³/mol. The van der Waals surface area contributed by atoms with Crippen LogP contribution in [0.2, 0.25) is 0 Å². The van der Waals surface area contributed by atoms with Crippen LogP contribution in [0.3, 0.4) is 0 Å². The van der Waals surface area contributed by atoms with Crippen LogP contribution in [-0.2, 0) is 6.54 Å². The third kappa shape index (κ3) is 3.37. The molecule has 0 aliphatic heterocycles. The summed E-state index contributed by atoms with van der Waals surface area (Å²) < 4.78 is 0.974. The third-order valence-corrected chi connectivity index (χ3v) is 3.59. The van der Waals surface area contributed by atoms with E-state index in [4.69, 9.17) is 0 Å². The molecule has 0 amide bonds. The number of rotatable bonds is 4. The van der Waals surface area contributed by atoms with Gasteiger partial charge in [0, 0.05) is 16.7 Å². The number of nitriles is 1. The molecule has 1 heterocycles. The monoisotopic (exact) mass is 329 g/mol. The maximum absolute atomic E-state index is 9.26. The Morgan fingerprint density at radius 3 is 2.75 bits per heavy atom. The number of aryl methyl sites for hydroxylation is 1. The molecule has 0 unspecified atom stereocenters. The highest BCUT2D eigenvalue weighted by Gasteiger charge is 2.11. The summed E-state index contributed by atoms with van der Waals surface area (Å²) in [7, 11) is 0. The Morgan fingerprint density at radius 1 is 1.30 bits per heavy atom. The molecule has 0 aliphatic carbocycles. The van der Waals surface area contributed by atoms with Crippen LogP contribution in [-0.4, -0.2) is 11.5 Å². The Kier molecular flexibility index (Phi) is 4.75. The first kappa shape index (κ1) is 14.5. The summed E-state index contributed by atoms with van der Waals surface area (Å²) in [6.45, 7) is 5.58. The van der Waals surface area contributed by atoms with E-state index in [0.29, 0.717) is 12.1 Å². The normalized spacial score (nSPS) is 10.1. The van der Waals surface area contributed by atoms with E-state index in [1.807, 2.05) is 43.3 Å². The van der Waals surface area contributed by atoms with Gasteiger partial charge in [-0.15, -0.1) is 0 Å². The van der Waals surface area contributed by atoms with Gasteiger partial charge in [-0.1, -0.05) is 22.0 Å². The number of pyridine rings is 1. The standard InChI is InChI=1S/C16H16BrN3/c1-3-20(11-15-6-4-5-12(2)19-15)16-9-14(17)8-7-13(16)10-18/h4-9H,3,11H2,1-2H3. The number of aromatic nitrogens is 1. The fourth-order valence-electron chi connectivity index (χ4n) is 2.11. The lowest BCUT2D eigenvalue weighted by Crippen LogP contribution is -2.23. The van der Waals surface area contributed by atoms with Gasteiger partial charge in [0.2, 0.25) is 0 Å². The topological polar surface area (TPSA) is 39.9 Å². The molecule has 2 rings (SSSR count). The van der Waals surface area contributed by atoms with Gasteiger partial charge in [-0.05, 0) is 44.2 Å². The van der Waals surface area contributed by atoms with E-state index in [2.05, 4.69) is 38.8 Å². The molecular weight excluding hydrogens is 314 g/mol. The highest BCUT2D eigenvalue weighted by molar-refractivity contribution is 9.10. The molecule has 0 bridgehead atoms. The quantitative estimate of drug-likeness (QED) is 0.849. The van der Waals surface area contributed by atoms with Gasteiger partial charge in [-0.2, -0.15) is 5.26 Å². The molecule has 0 saturated heterocycles. The number of hydrogen-bond donors (Lipinski definition) is 0. The molecule has 0 aliphatic rings. The van der Waals surface area contributed by atoms with Gasteiger partial charge in [0.15, 0.2) is 0 Å². The van der Waals surface area contributed by atoms with Gasteiger partial charge >= 0.3 is 0 Å². The molecule has 0 saturated carbocycles. The number of hydrogen-bond acceptors (Lipinski definition) is 3. The maximum Gasteiger partial charge on any atom is 0.101 e. The van der Waals surface area contributed by atoms with Gasteiger partial charge in [0.25, 0.3) is 0 Å². The average molecular weight is 330 g/mol. The van der Waals surface area contributed by atoms with Gasteiger partial charge in [-0.3, -0.25) is 4.98 Å². The Hall–Kier alpha value is -1.86. The van der Waals surface area contributed by atoms with Gasteiger partial charge < -0.3 is 4.90 Å². The molecular formula is C16H16BrN3. The van der Waals surface area contributed by atoms with Gasteiger partial charge in [0.1, 0.15) is 6.07 Å². The SMILES string of the molecule is CCN(Cc1cccc(C)n1)c1cc(Br)ccc1C#N. The van der Waals surface area contributed by atoms with E-state index in [1.54, 1.807) is 0 Å². The fourth-order valence-corrected chi connectivity index (χ4v) is 2.46. The molecule has 0 fully saturated rings. The van der Waals surface area contributed by atoms with Crippen molar-refractivity contribution in [1.29, 1.82) is 5.26 Å². The minimum atomic E-state index is 0.683. The lowest BCUT2D eigenvalue weighted by molar-refractivity contribution is 0.804. The lowest BCUT2D eigenvalue weighted by Gasteiger charge is -2.24. The largest absolute Gasteiger partial charge is 0.365 e. The first-order valence-corrected chi connectivity index (χ1v) is 7.30. The highest BCUT2D eigenvalue weighted by Crippen LogP contribution is 2.25. The molecule has 0 radical (unpaired) electrons. The van der Waals surface area contributed by atoms with Crippen LogP contribution >= 0.6 is 15.9 Å². The summed E-state index contributed by atoms with van der Waals surface area (Å²) in [5, 5.41) is 9.26. The Bertz CT molecular complexity index is 646. The van der Waals surface area contributed by atoms with E-state index >= 15 is 0 Å². The van der Waals surface area contributed by atoms with Gasteiger partial charge in [0.05, 0.1) is 23.5 Å². The molecule has 0 atom stereocenters. The molecule has 102 valence electrons. The average Bonchev–Trinajstić information content (AvgIpc) is 2.45. The minimum absolute atomic E-state index is 0.683. The zero-order valence-electron chi connectivity index (χ0n) is 11.6. The van der Waals surface area contributed by atoms with Crippen molar-refractivity contribution in [2.75, 3.05) is 11.4 Å². The highest BCUT2D eigenvalue weighted by atomic mass is 79.9. The summed E-state index contributed by atoms with van der Waals surface area (Å²) in [6, 6.07) is 14.0. The Balaban J connectivity index is 2.33. The number of nitrogens with zero attached hydrogens (tertiary/aromatic N) is 3. The maximum atomic E-state index is 9.26. The van der Waals surface area contributed by atoms with Crippen LogP contribution in [0.5, 0.6) is 0 Å². The van der Waals surface area contributed by atoms with Gasteiger partial charge in [-0.25, -0.2) is 0 Å². The molecule has 1 aromatic heterocycles. The smallest absolute Gasteiger partial charge is 0.101 e. The van der Waals surface area contributed by atoms with Crippen molar-refractivity contribution in [3.63, 3.8) is 0 Å². The predicted octanol–water partition coefficient (Wildman–Crippen LogP) is 4.05. The van der Waals surface area contributed by atoms with Crippen LogP contribution in [0.1, 0.15) is 23.9 Å². The molecule has 4 heteroatoms. The number of anilines is 1. The first-order chi connectivity index (χ1) is 9.63. The third-order valence-electron chi connectivity index (χ3n) is 3.10. The molecule has 20 heavy (non-hydrogen) atoms. The van der Waals surface area contributed by atoms with Crippen molar-refractivity contribution in [2.45, 2.75) is 20.4 Å². The molecule has 3 nitrogen and oxygen atoms in total. The minimum Gasteiger partial charge on any atom is -0.365 e. The zero-order chi connectivity index (χ0) is 14.5. The van der Waals surface area contributed by atoms with Crippen molar-refractivity contribution in [2.24, 2.45) is 0 Å². The summed E-state index contributed by atoms with van der Waals surface area (Å²) in [5.41, 5.74) is 3.64. The van der Waals surface area contributed by atoms with Crippen molar-refractivity contribution >= 4 is 21.6 Å². The Labute approximate surface area is 128 Å². The number of halogens is 1. The molecule has 1 aromatic carbocycles. The molecule has 0 N–H and O–H groups in total. The second-order valence-corrected chi connectivity index (χ2v) is 5.47. The summed E-state index contributed by atoms with van der Waals surface area (Å²) in [5.74, 6) is 0. The fraction of sp³-hybridized carbons (Fsp3) is 0.250. The summed E-state index contributed by atoms with van der Waals surface area (Å²) in [4.78, 5) is 6.69.